The number of aromatic nitrogens is 2. The number of ether oxygens (including phenoxy) is 2. The van der Waals surface area contributed by atoms with Crippen LogP contribution in [0.3, 0.4) is 0 Å². The second kappa shape index (κ2) is 25.2. The van der Waals surface area contributed by atoms with Crippen LogP contribution in [-0.4, -0.2) is 89.1 Å². The Morgan fingerprint density at radius 3 is 2.26 bits per heavy atom. The Labute approximate surface area is 335 Å². The summed E-state index contributed by atoms with van der Waals surface area (Å²) < 4.78 is 26.9. The van der Waals surface area contributed by atoms with Gasteiger partial charge < -0.3 is 33.3 Å². The Morgan fingerprint density at radius 2 is 1.80 bits per heavy atom. The molecule has 3 aromatic rings. The number of rotatable bonds is 13. The van der Waals surface area contributed by atoms with E-state index in [-0.39, 0.29) is 35.2 Å². The van der Waals surface area contributed by atoms with Crippen LogP contribution in [0, 0.1) is 19.3 Å². The molecule has 1 atom stereocenters. The Bertz CT molecular complexity index is 1780. The van der Waals surface area contributed by atoms with Gasteiger partial charge in [-0.15, -0.1) is 23.1 Å². The molecular formula is C35H50Cl3N4O10PS. The summed E-state index contributed by atoms with van der Waals surface area (Å²) in [6, 6.07) is 8.99. The Kier molecular flexibility index (Phi) is 23.8. The van der Waals surface area contributed by atoms with Gasteiger partial charge in [0, 0.05) is 18.1 Å². The van der Waals surface area contributed by atoms with Crippen LogP contribution >= 0.6 is 42.4 Å². The fourth-order valence-corrected chi connectivity index (χ4v) is 4.91. The number of nitrogens with zero attached hydrogens (tertiary/aromatic N) is 3. The van der Waals surface area contributed by atoms with Gasteiger partial charge in [0.25, 0.3) is 0 Å². The first kappa shape index (κ1) is 51.0. The van der Waals surface area contributed by atoms with Gasteiger partial charge >= 0.3 is 11.7 Å². The molecular weight excluding hydrogens is 806 g/mol. The fourth-order valence-electron chi connectivity index (χ4n) is 3.86. The summed E-state index contributed by atoms with van der Waals surface area (Å²) in [5.41, 5.74) is 3.02. The highest BCUT2D eigenvalue weighted by Gasteiger charge is 2.24. The van der Waals surface area contributed by atoms with Crippen LogP contribution in [0.5, 0.6) is 5.75 Å². The molecule has 0 aliphatic heterocycles. The van der Waals surface area contributed by atoms with E-state index in [1.165, 1.54) is 12.1 Å². The first-order valence-electron chi connectivity index (χ1n) is 16.2. The van der Waals surface area contributed by atoms with Crippen molar-refractivity contribution < 1.29 is 42.9 Å². The van der Waals surface area contributed by atoms with Gasteiger partial charge in [-0.3, -0.25) is 19.8 Å². The van der Waals surface area contributed by atoms with Crippen molar-refractivity contribution in [2.24, 2.45) is 0 Å². The van der Waals surface area contributed by atoms with Gasteiger partial charge in [0.1, 0.15) is 32.6 Å². The number of aryl methyl sites for hydroxylation is 2. The Hall–Kier alpha value is -3.03. The molecule has 0 aliphatic rings. The van der Waals surface area contributed by atoms with Gasteiger partial charge in [-0.2, -0.15) is 4.68 Å². The predicted octanol–water partition coefficient (Wildman–Crippen LogP) is 5.22. The lowest BCUT2D eigenvalue weighted by Gasteiger charge is -2.25. The lowest BCUT2D eigenvalue weighted by atomic mass is 9.97. The molecule has 1 heterocycles. The van der Waals surface area contributed by atoms with E-state index >= 15 is 0 Å². The standard InChI is InChI=1S/C15H14Cl2N2O3.C14H20ClNO2.C3H8NO5P.C3H9S/c1-5-6-21-12-8-11(9(16)7-10(12)17)19-14(20)22-13(18-19)15(2,3)4;1-4-12-8-6-7-11(3)14(12)16(10-18-5-2)13(17)9-15;5-3(6)1-4-2-10(7,8)9;1-4(2)3/h1,7-8H,6H2,2-4H3;6-8H,4-5,9-10H2,1-3H3;4H,1-2H2,(H,5,6)(H2,7,8,9);1-3H3/q;;;+1/p-1. The molecule has 3 N–H and O–H groups in total. The second-order valence-electron chi connectivity index (χ2n) is 12.4. The number of nitrogens with one attached hydrogen (secondary N) is 1. The van der Waals surface area contributed by atoms with Crippen molar-refractivity contribution in [3.05, 3.63) is 67.9 Å². The minimum Gasteiger partial charge on any atom is -0.778 e. The third-order valence-corrected chi connectivity index (χ3v) is 7.58. The minimum absolute atomic E-state index is 0.0371. The van der Waals surface area contributed by atoms with E-state index in [9.17, 15) is 23.8 Å². The van der Waals surface area contributed by atoms with Crippen LogP contribution < -0.4 is 25.6 Å². The number of para-hydroxylation sites is 1. The molecule has 2 aromatic carbocycles. The highest BCUT2D eigenvalue weighted by Crippen LogP contribution is 2.33. The first-order valence-corrected chi connectivity index (χ1v) is 21.7. The maximum Gasteiger partial charge on any atom is 0.442 e. The lowest BCUT2D eigenvalue weighted by Crippen LogP contribution is -2.35. The molecule has 14 nitrogen and oxygen atoms in total. The molecule has 0 fully saturated rings. The number of hydrogen-bond donors (Lipinski definition) is 3. The van der Waals surface area contributed by atoms with Gasteiger partial charge in [-0.25, -0.2) is 4.79 Å². The van der Waals surface area contributed by atoms with Crippen LogP contribution in [0.4, 0.5) is 5.69 Å². The SMILES string of the molecule is C#CCOc1cc(-n2nc(C(C)(C)C)oc2=O)c(Cl)cc1Cl.CCOCN(C(=O)CCl)c1c(C)cccc1CC.C[S+](C)C.O=C(O)CNCP(=O)([O-])O. The van der Waals surface area contributed by atoms with Crippen LogP contribution in [0.15, 0.2) is 39.5 Å². The normalized spacial score (nSPS) is 11.7. The fraction of sp³-hybridized carbons (Fsp3) is 0.486. The van der Waals surface area contributed by atoms with E-state index in [1.807, 2.05) is 58.1 Å². The summed E-state index contributed by atoms with van der Waals surface area (Å²) >= 11 is 17.9. The molecule has 1 aromatic heterocycles. The van der Waals surface area contributed by atoms with E-state index < -0.39 is 37.6 Å². The molecule has 0 aliphatic carbocycles. The van der Waals surface area contributed by atoms with E-state index in [1.54, 1.807) is 4.90 Å². The van der Waals surface area contributed by atoms with Gasteiger partial charge in [-0.1, -0.05) is 75.0 Å². The van der Waals surface area contributed by atoms with Crippen LogP contribution in [0.2, 0.25) is 10.0 Å². The molecule has 1 unspecified atom stereocenters. The summed E-state index contributed by atoms with van der Waals surface area (Å²) in [4.78, 5) is 53.4. The summed E-state index contributed by atoms with van der Waals surface area (Å²) in [6.45, 7) is 12.0. The third kappa shape index (κ3) is 19.5. The number of halogens is 3. The molecule has 302 valence electrons. The Morgan fingerprint density at radius 1 is 1.19 bits per heavy atom. The summed E-state index contributed by atoms with van der Waals surface area (Å²) in [7, 11) is -3.71. The van der Waals surface area contributed by atoms with Crippen molar-refractivity contribution in [1.82, 2.24) is 15.1 Å². The minimum atomic E-state index is -4.35. The summed E-state index contributed by atoms with van der Waals surface area (Å²) in [5.74, 6) is 0.966. The number of carbonyl (C=O) groups is 2. The number of benzene rings is 2. The average Bonchev–Trinajstić information content (AvgIpc) is 3.46. The van der Waals surface area contributed by atoms with Crippen molar-refractivity contribution in [1.29, 1.82) is 0 Å². The summed E-state index contributed by atoms with van der Waals surface area (Å²) in [5, 5.41) is 14.7. The van der Waals surface area contributed by atoms with Gasteiger partial charge in [0.2, 0.25) is 11.8 Å². The highest BCUT2D eigenvalue weighted by molar-refractivity contribution is 7.94. The number of hydrogen-bond acceptors (Lipinski definition) is 10. The number of carboxylic acid groups (broad SMARTS) is 1. The zero-order chi connectivity index (χ0) is 41.8. The number of carbonyl (C=O) groups excluding carboxylic acids is 1. The largest absolute Gasteiger partial charge is 0.778 e. The van der Waals surface area contributed by atoms with E-state index in [0.29, 0.717) is 34.8 Å². The third-order valence-electron chi connectivity index (χ3n) is 6.13. The van der Waals surface area contributed by atoms with Crippen molar-refractivity contribution in [3.8, 4) is 23.8 Å². The molecule has 0 radical (unpaired) electrons. The molecule has 3 rings (SSSR count). The van der Waals surface area contributed by atoms with Crippen molar-refractivity contribution in [3.63, 3.8) is 0 Å². The monoisotopic (exact) mass is 854 g/mol. The number of alkyl halides is 1. The van der Waals surface area contributed by atoms with Crippen molar-refractivity contribution in [2.45, 2.75) is 53.4 Å². The van der Waals surface area contributed by atoms with Crippen LogP contribution in [-0.2, 0) is 41.6 Å². The van der Waals surface area contributed by atoms with Crippen molar-refractivity contribution in [2.75, 3.05) is 62.3 Å². The molecule has 0 spiro atoms. The Balaban J connectivity index is 0.000000786. The van der Waals surface area contributed by atoms with Crippen LogP contribution in [0.25, 0.3) is 5.69 Å². The van der Waals surface area contributed by atoms with Crippen molar-refractivity contribution >= 4 is 70.9 Å². The maximum atomic E-state index is 12.0. The second-order valence-corrected chi connectivity index (χ2v) is 17.5. The number of anilines is 1. The lowest BCUT2D eigenvalue weighted by molar-refractivity contribution is -0.193. The molecule has 19 heteroatoms. The van der Waals surface area contributed by atoms with Gasteiger partial charge in [0.05, 0.1) is 53.0 Å². The maximum absolute atomic E-state index is 12.0. The molecule has 0 saturated heterocycles. The quantitative estimate of drug-likeness (QED) is 0.0668. The average molecular weight is 856 g/mol. The molecule has 1 amide bonds. The summed E-state index contributed by atoms with van der Waals surface area (Å²) in [6.07, 6.45) is 11.9. The zero-order valence-electron chi connectivity index (χ0n) is 31.9. The molecule has 0 bridgehead atoms. The van der Waals surface area contributed by atoms with Gasteiger partial charge in [0.15, 0.2) is 0 Å². The number of carboxylic acids is 1. The number of terminal acetylenes is 1. The predicted molar refractivity (Wildman–Crippen MR) is 216 cm³/mol. The van der Waals surface area contributed by atoms with Gasteiger partial charge in [-0.05, 0) is 48.4 Å². The topological polar surface area (TPSA) is 196 Å². The van der Waals surface area contributed by atoms with Crippen LogP contribution in [0.1, 0.15) is 51.6 Å². The number of aliphatic carboxylic acids is 1. The first-order chi connectivity index (χ1) is 25.0. The zero-order valence-corrected chi connectivity index (χ0v) is 35.9. The van der Waals surface area contributed by atoms with E-state index in [2.05, 4.69) is 36.7 Å². The van der Waals surface area contributed by atoms with E-state index in [0.717, 1.165) is 27.9 Å². The van der Waals surface area contributed by atoms with E-state index in [4.69, 9.17) is 65.1 Å². The smallest absolute Gasteiger partial charge is 0.442 e. The molecule has 0 saturated carbocycles. The molecule has 54 heavy (non-hydrogen) atoms. The highest BCUT2D eigenvalue weighted by atomic mass is 35.5. The number of amides is 1.